The quantitative estimate of drug-likeness (QED) is 0.749. The van der Waals surface area contributed by atoms with E-state index >= 15 is 0 Å². The predicted octanol–water partition coefficient (Wildman–Crippen LogP) is 2.10. The molecule has 0 bridgehead atoms. The molecule has 0 aromatic heterocycles. The molecular weight excluding hydrogens is 216 g/mol. The van der Waals surface area contributed by atoms with E-state index < -0.39 is 0 Å². The summed E-state index contributed by atoms with van der Waals surface area (Å²) in [5.74, 6) is 0.750. The third-order valence-corrected chi connectivity index (χ3v) is 5.13. The van der Waals surface area contributed by atoms with Gasteiger partial charge >= 0.3 is 0 Å². The maximum Gasteiger partial charge on any atom is 0.174 e. The highest BCUT2D eigenvalue weighted by atomic mass is 16.7. The molecule has 1 saturated heterocycles. The van der Waals surface area contributed by atoms with Crippen LogP contribution in [0.25, 0.3) is 0 Å². The highest BCUT2D eigenvalue weighted by molar-refractivity contribution is 5.14. The van der Waals surface area contributed by atoms with Gasteiger partial charge in [-0.2, -0.15) is 0 Å². The van der Waals surface area contributed by atoms with Gasteiger partial charge in [0, 0.05) is 18.4 Å². The summed E-state index contributed by atoms with van der Waals surface area (Å²) in [5, 5.41) is 9.18. The summed E-state index contributed by atoms with van der Waals surface area (Å²) < 4.78 is 12.0. The largest absolute Gasteiger partial charge is 0.396 e. The van der Waals surface area contributed by atoms with Gasteiger partial charge in [0.1, 0.15) is 0 Å². The molecule has 3 atom stereocenters. The molecule has 1 heterocycles. The molecule has 1 spiro atoms. The molecule has 96 valence electrons. The Morgan fingerprint density at radius 2 is 2.12 bits per heavy atom. The molecule has 3 nitrogen and oxygen atoms in total. The molecule has 0 unspecified atom stereocenters. The minimum Gasteiger partial charge on any atom is -0.396 e. The fourth-order valence-electron chi connectivity index (χ4n) is 4.22. The van der Waals surface area contributed by atoms with Gasteiger partial charge in [-0.3, -0.25) is 0 Å². The van der Waals surface area contributed by atoms with E-state index in [4.69, 9.17) is 9.47 Å². The SMILES string of the molecule is C[C@]12CC=C[C@@H](CCO)[C@@H]1CCC21OCCO1. The molecule has 0 radical (unpaired) electrons. The van der Waals surface area contributed by atoms with Crippen molar-refractivity contribution < 1.29 is 14.6 Å². The van der Waals surface area contributed by atoms with Crippen molar-refractivity contribution in [3.05, 3.63) is 12.2 Å². The molecule has 3 aliphatic rings. The van der Waals surface area contributed by atoms with Crippen molar-refractivity contribution in [3.63, 3.8) is 0 Å². The lowest BCUT2D eigenvalue weighted by Gasteiger charge is -2.46. The molecule has 1 aliphatic heterocycles. The van der Waals surface area contributed by atoms with Gasteiger partial charge in [-0.1, -0.05) is 19.1 Å². The van der Waals surface area contributed by atoms with E-state index in [-0.39, 0.29) is 17.8 Å². The summed E-state index contributed by atoms with van der Waals surface area (Å²) >= 11 is 0. The van der Waals surface area contributed by atoms with E-state index in [9.17, 15) is 5.11 Å². The first-order valence-corrected chi connectivity index (χ1v) is 6.77. The first-order valence-electron chi connectivity index (χ1n) is 6.77. The smallest absolute Gasteiger partial charge is 0.174 e. The van der Waals surface area contributed by atoms with Gasteiger partial charge < -0.3 is 14.6 Å². The summed E-state index contributed by atoms with van der Waals surface area (Å²) in [6.07, 6.45) is 8.63. The van der Waals surface area contributed by atoms with Crippen LogP contribution in [0.1, 0.15) is 32.6 Å². The van der Waals surface area contributed by atoms with Crippen LogP contribution in [0.15, 0.2) is 12.2 Å². The number of aliphatic hydroxyl groups is 1. The monoisotopic (exact) mass is 238 g/mol. The molecule has 2 fully saturated rings. The van der Waals surface area contributed by atoms with Gasteiger partial charge in [-0.25, -0.2) is 0 Å². The van der Waals surface area contributed by atoms with Crippen molar-refractivity contribution in [2.75, 3.05) is 19.8 Å². The fraction of sp³-hybridized carbons (Fsp3) is 0.857. The normalized spacial score (nSPS) is 43.2. The number of hydrogen-bond donors (Lipinski definition) is 1. The van der Waals surface area contributed by atoms with E-state index in [2.05, 4.69) is 19.1 Å². The van der Waals surface area contributed by atoms with Crippen LogP contribution in [0.2, 0.25) is 0 Å². The Morgan fingerprint density at radius 1 is 1.35 bits per heavy atom. The molecule has 1 saturated carbocycles. The Hall–Kier alpha value is -0.380. The Labute approximate surface area is 103 Å². The highest BCUT2D eigenvalue weighted by Gasteiger charge is 2.62. The van der Waals surface area contributed by atoms with Gasteiger partial charge in [-0.15, -0.1) is 0 Å². The summed E-state index contributed by atoms with van der Waals surface area (Å²) in [5.41, 5.74) is 0.0953. The molecule has 3 heteroatoms. The summed E-state index contributed by atoms with van der Waals surface area (Å²) in [7, 11) is 0. The number of rotatable bonds is 2. The summed E-state index contributed by atoms with van der Waals surface area (Å²) in [6, 6.07) is 0. The second-order valence-corrected chi connectivity index (χ2v) is 5.82. The predicted molar refractivity (Wildman–Crippen MR) is 64.4 cm³/mol. The van der Waals surface area contributed by atoms with Crippen molar-refractivity contribution >= 4 is 0 Å². The Kier molecular flexibility index (Phi) is 2.80. The van der Waals surface area contributed by atoms with Gasteiger partial charge in [0.05, 0.1) is 13.2 Å². The maximum absolute atomic E-state index is 9.18. The summed E-state index contributed by atoms with van der Waals surface area (Å²) in [4.78, 5) is 0. The molecule has 17 heavy (non-hydrogen) atoms. The van der Waals surface area contributed by atoms with Crippen LogP contribution in [0, 0.1) is 17.3 Å². The Bertz CT molecular complexity index is 319. The zero-order valence-corrected chi connectivity index (χ0v) is 10.5. The summed E-state index contributed by atoms with van der Waals surface area (Å²) in [6.45, 7) is 4.05. The van der Waals surface area contributed by atoms with Crippen molar-refractivity contribution in [2.24, 2.45) is 17.3 Å². The molecule has 1 N–H and O–H groups in total. The van der Waals surface area contributed by atoms with Crippen molar-refractivity contribution in [1.29, 1.82) is 0 Å². The number of aliphatic hydroxyl groups excluding tert-OH is 1. The van der Waals surface area contributed by atoms with Crippen LogP contribution in [-0.4, -0.2) is 30.7 Å². The molecule has 3 rings (SSSR count). The zero-order valence-electron chi connectivity index (χ0n) is 10.5. The number of ether oxygens (including phenoxy) is 2. The first kappa shape index (κ1) is 11.7. The average Bonchev–Trinajstić information content (AvgIpc) is 2.89. The second kappa shape index (κ2) is 4.08. The van der Waals surface area contributed by atoms with Gasteiger partial charge in [0.25, 0.3) is 0 Å². The number of fused-ring (bicyclic) bond motifs is 2. The molecular formula is C14H22O3. The molecule has 2 aliphatic carbocycles. The van der Waals surface area contributed by atoms with Crippen LogP contribution < -0.4 is 0 Å². The number of hydrogen-bond acceptors (Lipinski definition) is 3. The average molecular weight is 238 g/mol. The topological polar surface area (TPSA) is 38.7 Å². The van der Waals surface area contributed by atoms with Crippen molar-refractivity contribution in [1.82, 2.24) is 0 Å². The molecule has 0 amide bonds. The van der Waals surface area contributed by atoms with E-state index in [1.807, 2.05) is 0 Å². The highest BCUT2D eigenvalue weighted by Crippen LogP contribution is 2.61. The van der Waals surface area contributed by atoms with E-state index in [0.717, 1.165) is 38.9 Å². The lowest BCUT2D eigenvalue weighted by molar-refractivity contribution is -0.227. The van der Waals surface area contributed by atoms with Crippen LogP contribution in [0.5, 0.6) is 0 Å². The third kappa shape index (κ3) is 1.52. The molecule has 0 aromatic carbocycles. The minimum atomic E-state index is -0.337. The standard InChI is InChI=1S/C14H22O3/c1-13-6-2-3-11(5-8-15)12(13)4-7-14(13)16-9-10-17-14/h2-3,11-12,15H,4-10H2,1H3/t11-,12-,13-/m0/s1. The fourth-order valence-corrected chi connectivity index (χ4v) is 4.22. The van der Waals surface area contributed by atoms with Crippen molar-refractivity contribution in [3.8, 4) is 0 Å². The van der Waals surface area contributed by atoms with Crippen molar-refractivity contribution in [2.45, 2.75) is 38.4 Å². The van der Waals surface area contributed by atoms with Crippen LogP contribution >= 0.6 is 0 Å². The third-order valence-electron chi connectivity index (χ3n) is 5.13. The van der Waals surface area contributed by atoms with Crippen LogP contribution in [0.4, 0.5) is 0 Å². The van der Waals surface area contributed by atoms with Crippen LogP contribution in [0.3, 0.4) is 0 Å². The van der Waals surface area contributed by atoms with Gasteiger partial charge in [0.15, 0.2) is 5.79 Å². The minimum absolute atomic E-state index is 0.0953. The first-order chi connectivity index (χ1) is 8.22. The molecule has 0 aromatic rings. The second-order valence-electron chi connectivity index (χ2n) is 5.82. The van der Waals surface area contributed by atoms with Crippen LogP contribution in [-0.2, 0) is 9.47 Å². The number of allylic oxidation sites excluding steroid dienone is 2. The zero-order chi connectivity index (χ0) is 11.9. The Morgan fingerprint density at radius 3 is 2.82 bits per heavy atom. The lowest BCUT2D eigenvalue weighted by Crippen LogP contribution is -2.48. The van der Waals surface area contributed by atoms with E-state index in [1.54, 1.807) is 0 Å². The Balaban J connectivity index is 1.90. The lowest BCUT2D eigenvalue weighted by atomic mass is 9.65. The van der Waals surface area contributed by atoms with Gasteiger partial charge in [0.2, 0.25) is 0 Å². The van der Waals surface area contributed by atoms with Gasteiger partial charge in [-0.05, 0) is 31.1 Å². The van der Waals surface area contributed by atoms with E-state index in [1.165, 1.54) is 0 Å². The van der Waals surface area contributed by atoms with E-state index in [0.29, 0.717) is 11.8 Å². The maximum atomic E-state index is 9.18.